The van der Waals surface area contributed by atoms with Gasteiger partial charge in [-0.3, -0.25) is 4.79 Å². The zero-order valence-electron chi connectivity index (χ0n) is 8.07. The highest BCUT2D eigenvalue weighted by Gasteiger charge is 2.10. The number of hydrogen-bond acceptors (Lipinski definition) is 2. The first-order valence-electron chi connectivity index (χ1n) is 4.42. The monoisotopic (exact) mass is 208 g/mol. The molecule has 78 valence electrons. The molecule has 1 aromatic heterocycles. The lowest BCUT2D eigenvalue weighted by Crippen LogP contribution is -2.09. The van der Waals surface area contributed by atoms with Gasteiger partial charge >= 0.3 is 5.97 Å². The molecule has 0 saturated carbocycles. The predicted molar refractivity (Wildman–Crippen MR) is 52.1 cm³/mol. The third-order valence-corrected chi connectivity index (χ3v) is 2.19. The lowest BCUT2D eigenvalue weighted by Gasteiger charge is -2.01. The van der Waals surface area contributed by atoms with Gasteiger partial charge in [-0.25, -0.2) is 9.37 Å². The summed E-state index contributed by atoms with van der Waals surface area (Å²) in [5, 5.41) is 8.70. The Kier molecular flexibility index (Phi) is 2.15. The number of carbonyl (C=O) groups is 1. The quantitative estimate of drug-likeness (QED) is 0.814. The molecule has 0 radical (unpaired) electrons. The van der Waals surface area contributed by atoms with Crippen molar-refractivity contribution in [2.75, 3.05) is 0 Å². The van der Waals surface area contributed by atoms with Crippen LogP contribution in [0.2, 0.25) is 0 Å². The first-order valence-corrected chi connectivity index (χ1v) is 4.42. The second-order valence-corrected chi connectivity index (χ2v) is 3.27. The molecule has 0 bridgehead atoms. The maximum Gasteiger partial charge on any atom is 0.323 e. The van der Waals surface area contributed by atoms with Crippen LogP contribution in [0, 0.1) is 12.7 Å². The van der Waals surface area contributed by atoms with Gasteiger partial charge in [0.05, 0.1) is 11.0 Å². The molecule has 15 heavy (non-hydrogen) atoms. The summed E-state index contributed by atoms with van der Waals surface area (Å²) in [5.41, 5.74) is 1.12. The van der Waals surface area contributed by atoms with Gasteiger partial charge in [0, 0.05) is 6.07 Å². The van der Waals surface area contributed by atoms with Crippen molar-refractivity contribution >= 4 is 17.0 Å². The summed E-state index contributed by atoms with van der Waals surface area (Å²) in [6, 6.07) is 4.12. The van der Waals surface area contributed by atoms with Gasteiger partial charge in [-0.15, -0.1) is 0 Å². The Morgan fingerprint density at radius 1 is 1.60 bits per heavy atom. The van der Waals surface area contributed by atoms with Gasteiger partial charge in [-0.05, 0) is 19.1 Å². The number of hydrogen-bond donors (Lipinski definition) is 1. The molecular formula is C10H9FN2O2. The molecule has 0 aliphatic heterocycles. The number of aromatic nitrogens is 2. The average molecular weight is 208 g/mol. The van der Waals surface area contributed by atoms with Crippen LogP contribution in [0.4, 0.5) is 4.39 Å². The molecule has 0 unspecified atom stereocenters. The van der Waals surface area contributed by atoms with Gasteiger partial charge < -0.3 is 9.67 Å². The van der Waals surface area contributed by atoms with Crippen molar-refractivity contribution in [1.29, 1.82) is 0 Å². The molecule has 0 amide bonds. The Morgan fingerprint density at radius 3 is 3.00 bits per heavy atom. The van der Waals surface area contributed by atoms with E-state index in [2.05, 4.69) is 4.98 Å². The molecule has 4 nitrogen and oxygen atoms in total. The first-order chi connectivity index (χ1) is 7.08. The zero-order valence-corrected chi connectivity index (χ0v) is 8.07. The molecule has 0 aliphatic rings. The van der Waals surface area contributed by atoms with Gasteiger partial charge in [0.1, 0.15) is 18.2 Å². The minimum absolute atomic E-state index is 0.159. The number of carboxylic acids is 1. The van der Waals surface area contributed by atoms with E-state index in [0.717, 1.165) is 0 Å². The number of halogens is 1. The fourth-order valence-electron chi connectivity index (χ4n) is 1.56. The SMILES string of the molecule is Cc1nc2cc(F)ccc2n1CC(=O)O. The Labute approximate surface area is 85.0 Å². The maximum absolute atomic E-state index is 12.9. The number of benzene rings is 1. The molecule has 0 fully saturated rings. The highest BCUT2D eigenvalue weighted by Crippen LogP contribution is 2.16. The van der Waals surface area contributed by atoms with Crippen molar-refractivity contribution in [2.45, 2.75) is 13.5 Å². The van der Waals surface area contributed by atoms with Crippen molar-refractivity contribution < 1.29 is 14.3 Å². The summed E-state index contributed by atoms with van der Waals surface area (Å²) in [4.78, 5) is 14.7. The minimum atomic E-state index is -0.943. The van der Waals surface area contributed by atoms with Crippen molar-refractivity contribution in [1.82, 2.24) is 9.55 Å². The fraction of sp³-hybridized carbons (Fsp3) is 0.200. The Morgan fingerprint density at radius 2 is 2.33 bits per heavy atom. The van der Waals surface area contributed by atoms with E-state index in [4.69, 9.17) is 5.11 Å². The molecule has 0 saturated heterocycles. The minimum Gasteiger partial charge on any atom is -0.480 e. The lowest BCUT2D eigenvalue weighted by atomic mass is 10.3. The van der Waals surface area contributed by atoms with Gasteiger partial charge in [-0.2, -0.15) is 0 Å². The topological polar surface area (TPSA) is 55.1 Å². The first kappa shape index (κ1) is 9.64. The number of aryl methyl sites for hydroxylation is 1. The average Bonchev–Trinajstić information content (AvgIpc) is 2.41. The second-order valence-electron chi connectivity index (χ2n) is 3.27. The normalized spacial score (nSPS) is 10.8. The van der Waals surface area contributed by atoms with E-state index >= 15 is 0 Å². The molecule has 1 aromatic carbocycles. The predicted octanol–water partition coefficient (Wildman–Crippen LogP) is 1.57. The molecule has 2 rings (SSSR count). The Hall–Kier alpha value is -1.91. The zero-order chi connectivity index (χ0) is 11.0. The van der Waals surface area contributed by atoms with Crippen LogP contribution in [-0.4, -0.2) is 20.6 Å². The number of nitrogens with zero attached hydrogens (tertiary/aromatic N) is 2. The summed E-state index contributed by atoms with van der Waals surface area (Å²) < 4.78 is 14.4. The summed E-state index contributed by atoms with van der Waals surface area (Å²) >= 11 is 0. The number of fused-ring (bicyclic) bond motifs is 1. The number of rotatable bonds is 2. The molecule has 0 aliphatic carbocycles. The van der Waals surface area contributed by atoms with Crippen LogP contribution in [0.25, 0.3) is 11.0 Å². The smallest absolute Gasteiger partial charge is 0.323 e. The third kappa shape index (κ3) is 1.68. The Bertz CT molecular complexity index is 533. The number of aliphatic carboxylic acids is 1. The molecule has 5 heteroatoms. The van der Waals surface area contributed by atoms with Gasteiger partial charge in [0.25, 0.3) is 0 Å². The van der Waals surface area contributed by atoms with E-state index in [-0.39, 0.29) is 12.4 Å². The second kappa shape index (κ2) is 3.34. The molecule has 0 atom stereocenters. The molecule has 2 aromatic rings. The third-order valence-electron chi connectivity index (χ3n) is 2.19. The van der Waals surface area contributed by atoms with Crippen LogP contribution in [-0.2, 0) is 11.3 Å². The van der Waals surface area contributed by atoms with E-state index in [1.54, 1.807) is 6.92 Å². The summed E-state index contributed by atoms with van der Waals surface area (Å²) in [7, 11) is 0. The lowest BCUT2D eigenvalue weighted by molar-refractivity contribution is -0.137. The van der Waals surface area contributed by atoms with E-state index in [1.807, 2.05) is 0 Å². The van der Waals surface area contributed by atoms with Crippen LogP contribution >= 0.6 is 0 Å². The van der Waals surface area contributed by atoms with Crippen molar-refractivity contribution in [3.63, 3.8) is 0 Å². The maximum atomic E-state index is 12.9. The van der Waals surface area contributed by atoms with E-state index in [9.17, 15) is 9.18 Å². The number of imidazole rings is 1. The van der Waals surface area contributed by atoms with E-state index in [1.165, 1.54) is 22.8 Å². The van der Waals surface area contributed by atoms with Gasteiger partial charge in [-0.1, -0.05) is 0 Å². The van der Waals surface area contributed by atoms with Gasteiger partial charge in [0.2, 0.25) is 0 Å². The van der Waals surface area contributed by atoms with Crippen LogP contribution in [0.3, 0.4) is 0 Å². The Balaban J connectivity index is 2.63. The molecule has 1 heterocycles. The van der Waals surface area contributed by atoms with Crippen LogP contribution < -0.4 is 0 Å². The summed E-state index contributed by atoms with van der Waals surface area (Å²) in [6.07, 6.45) is 0. The highest BCUT2D eigenvalue weighted by molar-refractivity contribution is 5.78. The van der Waals surface area contributed by atoms with Crippen molar-refractivity contribution in [2.24, 2.45) is 0 Å². The largest absolute Gasteiger partial charge is 0.480 e. The number of carboxylic acid groups (broad SMARTS) is 1. The summed E-state index contributed by atoms with van der Waals surface area (Å²) in [5.74, 6) is -0.748. The van der Waals surface area contributed by atoms with Crippen molar-refractivity contribution in [3.8, 4) is 0 Å². The van der Waals surface area contributed by atoms with E-state index in [0.29, 0.717) is 16.9 Å². The van der Waals surface area contributed by atoms with Crippen LogP contribution in [0.1, 0.15) is 5.82 Å². The van der Waals surface area contributed by atoms with Crippen LogP contribution in [0.5, 0.6) is 0 Å². The highest BCUT2D eigenvalue weighted by atomic mass is 19.1. The van der Waals surface area contributed by atoms with Gasteiger partial charge in [0.15, 0.2) is 0 Å². The standard InChI is InChI=1S/C10H9FN2O2/c1-6-12-8-4-7(11)2-3-9(8)13(6)5-10(14)15/h2-4H,5H2,1H3,(H,14,15). The fourth-order valence-corrected chi connectivity index (χ4v) is 1.56. The molecule has 1 N–H and O–H groups in total. The molecular weight excluding hydrogens is 199 g/mol. The van der Waals surface area contributed by atoms with Crippen molar-refractivity contribution in [3.05, 3.63) is 29.8 Å². The molecule has 0 spiro atoms. The van der Waals surface area contributed by atoms with E-state index < -0.39 is 5.97 Å². The summed E-state index contributed by atoms with van der Waals surface area (Å²) in [6.45, 7) is 1.54. The van der Waals surface area contributed by atoms with Crippen LogP contribution in [0.15, 0.2) is 18.2 Å².